The first-order valence-corrected chi connectivity index (χ1v) is 10.2. The zero-order valence-corrected chi connectivity index (χ0v) is 17.1. The van der Waals surface area contributed by atoms with Crippen LogP contribution in [-0.2, 0) is 23.9 Å². The number of nitrogens with zero attached hydrogens (tertiary/aromatic N) is 1. The fraction of sp³-hybridized carbons (Fsp3) is 0.524. The summed E-state index contributed by atoms with van der Waals surface area (Å²) in [6.45, 7) is 2.78. The standard InChI is InChI=1S/C21H23ClN2O5/c1-10-3-6-14(22)8-15(10)23-16(25)9-29-21(28)11(2)24-19(26)17-12-4-5-13(7-12)18(17)20(24)27/h3,6,8,11-13,17-18H,4-5,7,9H2,1-2H3,(H,23,25)/t11-,12-,13-,17-,18+/m0/s1. The Morgan fingerprint density at radius 2 is 1.83 bits per heavy atom. The van der Waals surface area contributed by atoms with Gasteiger partial charge in [-0.05, 0) is 62.6 Å². The van der Waals surface area contributed by atoms with Crippen LogP contribution in [0.25, 0.3) is 0 Å². The summed E-state index contributed by atoms with van der Waals surface area (Å²) in [6, 6.07) is 4.04. The molecule has 8 heteroatoms. The normalized spacial score (nSPS) is 28.4. The first-order valence-electron chi connectivity index (χ1n) is 9.87. The van der Waals surface area contributed by atoms with Crippen molar-refractivity contribution in [3.63, 3.8) is 0 Å². The topological polar surface area (TPSA) is 92.8 Å². The number of likely N-dealkylation sites (tertiary alicyclic amines) is 1. The van der Waals surface area contributed by atoms with Crippen molar-refractivity contribution in [2.24, 2.45) is 23.7 Å². The molecule has 1 heterocycles. The molecule has 0 unspecified atom stereocenters. The fourth-order valence-corrected chi connectivity index (χ4v) is 5.26. The molecule has 0 radical (unpaired) electrons. The summed E-state index contributed by atoms with van der Waals surface area (Å²) >= 11 is 5.93. The maximum absolute atomic E-state index is 12.8. The number of hydrogen-bond donors (Lipinski definition) is 1. The molecule has 3 amide bonds. The second-order valence-corrected chi connectivity index (χ2v) is 8.66. The monoisotopic (exact) mass is 418 g/mol. The maximum atomic E-state index is 12.8. The highest BCUT2D eigenvalue weighted by Crippen LogP contribution is 2.56. The summed E-state index contributed by atoms with van der Waals surface area (Å²) in [4.78, 5) is 51.2. The Morgan fingerprint density at radius 3 is 2.45 bits per heavy atom. The number of esters is 1. The molecular weight excluding hydrogens is 396 g/mol. The van der Waals surface area contributed by atoms with E-state index in [0.29, 0.717) is 10.7 Å². The lowest BCUT2D eigenvalue weighted by atomic mass is 9.81. The maximum Gasteiger partial charge on any atom is 0.329 e. The van der Waals surface area contributed by atoms with E-state index in [9.17, 15) is 19.2 Å². The van der Waals surface area contributed by atoms with Crippen LogP contribution in [0.5, 0.6) is 0 Å². The molecule has 1 saturated heterocycles. The number of amides is 3. The van der Waals surface area contributed by atoms with E-state index in [4.69, 9.17) is 16.3 Å². The van der Waals surface area contributed by atoms with Crippen LogP contribution in [-0.4, -0.2) is 41.2 Å². The second-order valence-electron chi connectivity index (χ2n) is 8.22. The highest BCUT2D eigenvalue weighted by molar-refractivity contribution is 6.31. The third-order valence-electron chi connectivity index (χ3n) is 6.51. The van der Waals surface area contributed by atoms with Gasteiger partial charge in [0.05, 0.1) is 11.8 Å². The average Bonchev–Trinajstić information content (AvgIpc) is 3.36. The van der Waals surface area contributed by atoms with Gasteiger partial charge < -0.3 is 10.1 Å². The van der Waals surface area contributed by atoms with Crippen molar-refractivity contribution in [2.45, 2.75) is 39.2 Å². The van der Waals surface area contributed by atoms with Gasteiger partial charge >= 0.3 is 5.97 Å². The van der Waals surface area contributed by atoms with Crippen molar-refractivity contribution in [3.8, 4) is 0 Å². The van der Waals surface area contributed by atoms with Crippen molar-refractivity contribution in [1.29, 1.82) is 0 Å². The van der Waals surface area contributed by atoms with Crippen LogP contribution in [0.15, 0.2) is 18.2 Å². The number of halogens is 1. The molecule has 2 aliphatic carbocycles. The molecule has 1 aromatic rings. The summed E-state index contributed by atoms with van der Waals surface area (Å²) in [6.07, 6.45) is 2.88. The predicted octanol–water partition coefficient (Wildman–Crippen LogP) is 2.55. The summed E-state index contributed by atoms with van der Waals surface area (Å²) in [7, 11) is 0. The van der Waals surface area contributed by atoms with Crippen LogP contribution in [0, 0.1) is 30.6 Å². The molecule has 5 atom stereocenters. The molecule has 1 aliphatic heterocycles. The summed E-state index contributed by atoms with van der Waals surface area (Å²) in [5.74, 6) is -1.90. The summed E-state index contributed by atoms with van der Waals surface area (Å²) < 4.78 is 5.08. The van der Waals surface area contributed by atoms with E-state index in [0.717, 1.165) is 29.7 Å². The Kier molecular flexibility index (Phi) is 5.11. The van der Waals surface area contributed by atoms with Gasteiger partial charge in [0.25, 0.3) is 5.91 Å². The Labute approximate surface area is 173 Å². The van der Waals surface area contributed by atoms with Gasteiger partial charge in [0.15, 0.2) is 6.61 Å². The second kappa shape index (κ2) is 7.44. The molecule has 0 spiro atoms. The number of carbonyl (C=O) groups is 4. The molecule has 2 bridgehead atoms. The van der Waals surface area contributed by atoms with Crippen LogP contribution in [0.2, 0.25) is 5.02 Å². The molecule has 3 aliphatic rings. The van der Waals surface area contributed by atoms with Crippen LogP contribution >= 0.6 is 11.6 Å². The van der Waals surface area contributed by atoms with Crippen LogP contribution < -0.4 is 5.32 Å². The van der Waals surface area contributed by atoms with Crippen LogP contribution in [0.4, 0.5) is 5.69 Å². The van der Waals surface area contributed by atoms with E-state index >= 15 is 0 Å². The lowest BCUT2D eigenvalue weighted by Gasteiger charge is -2.23. The van der Waals surface area contributed by atoms with Gasteiger partial charge in [-0.3, -0.25) is 19.3 Å². The van der Waals surface area contributed by atoms with E-state index in [1.165, 1.54) is 6.92 Å². The Balaban J connectivity index is 1.35. The predicted molar refractivity (Wildman–Crippen MR) is 105 cm³/mol. The summed E-state index contributed by atoms with van der Waals surface area (Å²) in [5, 5.41) is 3.11. The third-order valence-corrected chi connectivity index (χ3v) is 6.74. The van der Waals surface area contributed by atoms with E-state index < -0.39 is 24.5 Å². The number of nitrogens with one attached hydrogen (secondary N) is 1. The Hall–Kier alpha value is -2.41. The minimum atomic E-state index is -1.04. The number of hydrogen-bond acceptors (Lipinski definition) is 5. The van der Waals surface area contributed by atoms with Crippen molar-refractivity contribution in [1.82, 2.24) is 4.90 Å². The third kappa shape index (κ3) is 3.41. The van der Waals surface area contributed by atoms with Gasteiger partial charge in [0.1, 0.15) is 6.04 Å². The van der Waals surface area contributed by atoms with Crippen molar-refractivity contribution in [2.75, 3.05) is 11.9 Å². The number of fused-ring (bicyclic) bond motifs is 5. The lowest BCUT2D eigenvalue weighted by molar-refractivity contribution is -0.159. The first-order chi connectivity index (χ1) is 13.8. The lowest BCUT2D eigenvalue weighted by Crippen LogP contribution is -2.45. The number of benzene rings is 1. The molecule has 0 aromatic heterocycles. The highest BCUT2D eigenvalue weighted by atomic mass is 35.5. The quantitative estimate of drug-likeness (QED) is 0.586. The molecule has 1 aromatic carbocycles. The molecule has 154 valence electrons. The van der Waals surface area contributed by atoms with Gasteiger partial charge in [0, 0.05) is 10.7 Å². The number of anilines is 1. The molecule has 2 saturated carbocycles. The van der Waals surface area contributed by atoms with E-state index in [-0.39, 0.29) is 35.5 Å². The van der Waals surface area contributed by atoms with Gasteiger partial charge in [-0.15, -0.1) is 0 Å². The van der Waals surface area contributed by atoms with Crippen molar-refractivity contribution >= 4 is 41.0 Å². The van der Waals surface area contributed by atoms with E-state index in [1.54, 1.807) is 18.2 Å². The minimum absolute atomic E-state index is 0.251. The molecular formula is C21H23ClN2O5. The van der Waals surface area contributed by atoms with Crippen LogP contribution in [0.3, 0.4) is 0 Å². The smallest absolute Gasteiger partial charge is 0.329 e. The molecule has 1 N–H and O–H groups in total. The molecule has 4 rings (SSSR count). The number of aryl methyl sites for hydroxylation is 1. The van der Waals surface area contributed by atoms with Gasteiger partial charge in [-0.25, -0.2) is 4.79 Å². The highest BCUT2D eigenvalue weighted by Gasteiger charge is 2.62. The molecule has 29 heavy (non-hydrogen) atoms. The summed E-state index contributed by atoms with van der Waals surface area (Å²) in [5.41, 5.74) is 1.34. The van der Waals surface area contributed by atoms with E-state index in [2.05, 4.69) is 5.32 Å². The first kappa shape index (κ1) is 19.9. The van der Waals surface area contributed by atoms with E-state index in [1.807, 2.05) is 6.92 Å². The van der Waals surface area contributed by atoms with Gasteiger partial charge in [0.2, 0.25) is 11.8 Å². The van der Waals surface area contributed by atoms with Gasteiger partial charge in [-0.2, -0.15) is 0 Å². The Morgan fingerprint density at radius 1 is 1.21 bits per heavy atom. The molecule has 3 fully saturated rings. The SMILES string of the molecule is Cc1ccc(Cl)cc1NC(=O)COC(=O)[C@H](C)N1C(=O)[C@@H]2[C@H]3CC[C@@H](C3)[C@@H]2C1=O. The van der Waals surface area contributed by atoms with Crippen molar-refractivity contribution < 1.29 is 23.9 Å². The zero-order chi connectivity index (χ0) is 20.9. The van der Waals surface area contributed by atoms with Crippen LogP contribution in [0.1, 0.15) is 31.7 Å². The largest absolute Gasteiger partial charge is 0.454 e. The molecule has 7 nitrogen and oxygen atoms in total. The zero-order valence-electron chi connectivity index (χ0n) is 16.3. The van der Waals surface area contributed by atoms with Crippen molar-refractivity contribution in [3.05, 3.63) is 28.8 Å². The average molecular weight is 419 g/mol. The number of carbonyl (C=O) groups excluding carboxylic acids is 4. The Bertz CT molecular complexity index is 873. The number of rotatable bonds is 5. The minimum Gasteiger partial charge on any atom is -0.454 e. The number of ether oxygens (including phenoxy) is 1. The number of imide groups is 1. The fourth-order valence-electron chi connectivity index (χ4n) is 5.09. The van der Waals surface area contributed by atoms with Gasteiger partial charge in [-0.1, -0.05) is 17.7 Å².